The summed E-state index contributed by atoms with van der Waals surface area (Å²) in [6, 6.07) is 8.53. The lowest BCUT2D eigenvalue weighted by atomic mass is 9.95. The zero-order valence-electron chi connectivity index (χ0n) is 12.1. The number of rotatable bonds is 5. The lowest BCUT2D eigenvalue weighted by Crippen LogP contribution is -2.43. The van der Waals surface area contributed by atoms with E-state index in [4.69, 9.17) is 0 Å². The molecule has 3 heteroatoms. The summed E-state index contributed by atoms with van der Waals surface area (Å²) in [6.07, 6.45) is 2.02. The minimum absolute atomic E-state index is 0.203. The Labute approximate surface area is 116 Å². The van der Waals surface area contributed by atoms with Gasteiger partial charge in [-0.05, 0) is 36.9 Å². The molecule has 1 aliphatic heterocycles. The standard InChI is InChI=1S/C16H26N2O/c1-3-9-17-11-14-6-4-5-7-15(14)18-10-8-13(2)16(19)12-18/h4-7,13,16-17,19H,3,8-12H2,1-2H3. The molecule has 1 heterocycles. The number of nitrogens with zero attached hydrogens (tertiary/aromatic N) is 1. The number of β-amino-alcohol motifs (C(OH)–C–C–N with tert-alkyl or cyclic N) is 1. The number of para-hydroxylation sites is 1. The molecule has 2 unspecified atom stereocenters. The molecule has 0 saturated carbocycles. The van der Waals surface area contributed by atoms with Crippen LogP contribution in [-0.4, -0.2) is 30.8 Å². The molecular weight excluding hydrogens is 236 g/mol. The minimum atomic E-state index is -0.203. The van der Waals surface area contributed by atoms with Crippen molar-refractivity contribution in [3.8, 4) is 0 Å². The third kappa shape index (κ3) is 3.71. The maximum atomic E-state index is 10.1. The maximum absolute atomic E-state index is 10.1. The molecule has 0 aliphatic carbocycles. The number of benzene rings is 1. The number of piperidine rings is 1. The lowest BCUT2D eigenvalue weighted by molar-refractivity contribution is 0.103. The molecule has 19 heavy (non-hydrogen) atoms. The third-order valence-electron chi connectivity index (χ3n) is 3.99. The number of aliphatic hydroxyl groups excluding tert-OH is 1. The lowest BCUT2D eigenvalue weighted by Gasteiger charge is -2.36. The highest BCUT2D eigenvalue weighted by Crippen LogP contribution is 2.26. The van der Waals surface area contributed by atoms with Crippen LogP contribution in [0.4, 0.5) is 5.69 Å². The second-order valence-corrected chi connectivity index (χ2v) is 5.58. The number of hydrogen-bond acceptors (Lipinski definition) is 3. The molecule has 0 spiro atoms. The zero-order chi connectivity index (χ0) is 13.7. The molecule has 106 valence electrons. The molecule has 1 fully saturated rings. The van der Waals surface area contributed by atoms with Crippen LogP contribution in [0.1, 0.15) is 32.3 Å². The van der Waals surface area contributed by atoms with Crippen molar-refractivity contribution in [3.63, 3.8) is 0 Å². The SMILES string of the molecule is CCCNCc1ccccc1N1CCC(C)C(O)C1. The van der Waals surface area contributed by atoms with Gasteiger partial charge in [0.1, 0.15) is 0 Å². The maximum Gasteiger partial charge on any atom is 0.0741 e. The minimum Gasteiger partial charge on any atom is -0.391 e. The molecule has 1 saturated heterocycles. The Morgan fingerprint density at radius 3 is 2.89 bits per heavy atom. The van der Waals surface area contributed by atoms with Crippen molar-refractivity contribution in [1.82, 2.24) is 5.32 Å². The highest BCUT2D eigenvalue weighted by atomic mass is 16.3. The molecule has 3 nitrogen and oxygen atoms in total. The Morgan fingerprint density at radius 1 is 1.37 bits per heavy atom. The average molecular weight is 262 g/mol. The van der Waals surface area contributed by atoms with Crippen molar-refractivity contribution < 1.29 is 5.11 Å². The van der Waals surface area contributed by atoms with Gasteiger partial charge in [0.05, 0.1) is 6.10 Å². The molecule has 2 rings (SSSR count). The molecule has 0 aromatic heterocycles. The predicted octanol–water partition coefficient (Wildman–Crippen LogP) is 2.39. The van der Waals surface area contributed by atoms with E-state index in [9.17, 15) is 5.11 Å². The average Bonchev–Trinajstić information content (AvgIpc) is 2.43. The summed E-state index contributed by atoms with van der Waals surface area (Å²) in [5, 5.41) is 13.5. The predicted molar refractivity (Wildman–Crippen MR) is 80.4 cm³/mol. The fourth-order valence-corrected chi connectivity index (χ4v) is 2.64. The van der Waals surface area contributed by atoms with E-state index in [1.165, 1.54) is 11.3 Å². The third-order valence-corrected chi connectivity index (χ3v) is 3.99. The van der Waals surface area contributed by atoms with Gasteiger partial charge in [-0.2, -0.15) is 0 Å². The van der Waals surface area contributed by atoms with Gasteiger partial charge in [-0.1, -0.05) is 32.0 Å². The van der Waals surface area contributed by atoms with Gasteiger partial charge in [-0.15, -0.1) is 0 Å². The van der Waals surface area contributed by atoms with E-state index in [1.807, 2.05) is 0 Å². The first-order valence-electron chi connectivity index (χ1n) is 7.44. The largest absolute Gasteiger partial charge is 0.391 e. The van der Waals surface area contributed by atoms with Gasteiger partial charge >= 0.3 is 0 Å². The highest BCUT2D eigenvalue weighted by molar-refractivity contribution is 5.54. The molecule has 1 aromatic carbocycles. The number of hydrogen-bond donors (Lipinski definition) is 2. The molecular formula is C16H26N2O. The van der Waals surface area contributed by atoms with E-state index < -0.39 is 0 Å². The van der Waals surface area contributed by atoms with Gasteiger partial charge in [0.25, 0.3) is 0 Å². The van der Waals surface area contributed by atoms with E-state index in [1.54, 1.807) is 0 Å². The number of aliphatic hydroxyl groups is 1. The fourth-order valence-electron chi connectivity index (χ4n) is 2.64. The van der Waals surface area contributed by atoms with Crippen LogP contribution < -0.4 is 10.2 Å². The Morgan fingerprint density at radius 2 is 2.16 bits per heavy atom. The van der Waals surface area contributed by atoms with Crippen molar-refractivity contribution >= 4 is 5.69 Å². The quantitative estimate of drug-likeness (QED) is 0.800. The molecule has 0 radical (unpaired) electrons. The summed E-state index contributed by atoms with van der Waals surface area (Å²) in [4.78, 5) is 2.33. The van der Waals surface area contributed by atoms with Crippen molar-refractivity contribution in [2.45, 2.75) is 39.3 Å². The van der Waals surface area contributed by atoms with Crippen LogP contribution in [-0.2, 0) is 6.54 Å². The van der Waals surface area contributed by atoms with Gasteiger partial charge in [0, 0.05) is 25.3 Å². The summed E-state index contributed by atoms with van der Waals surface area (Å²) in [6.45, 7) is 8.08. The Hall–Kier alpha value is -1.06. The first-order valence-corrected chi connectivity index (χ1v) is 7.44. The van der Waals surface area contributed by atoms with E-state index >= 15 is 0 Å². The second kappa shape index (κ2) is 6.92. The van der Waals surface area contributed by atoms with E-state index in [2.05, 4.69) is 48.3 Å². The summed E-state index contributed by atoms with van der Waals surface area (Å²) in [5.41, 5.74) is 2.61. The molecule has 2 atom stereocenters. The van der Waals surface area contributed by atoms with Crippen molar-refractivity contribution in [1.29, 1.82) is 0 Å². The highest BCUT2D eigenvalue weighted by Gasteiger charge is 2.25. The molecule has 2 N–H and O–H groups in total. The second-order valence-electron chi connectivity index (χ2n) is 5.58. The van der Waals surface area contributed by atoms with Crippen LogP contribution in [0.5, 0.6) is 0 Å². The number of anilines is 1. The monoisotopic (exact) mass is 262 g/mol. The summed E-state index contributed by atoms with van der Waals surface area (Å²) in [5.74, 6) is 0.418. The smallest absolute Gasteiger partial charge is 0.0741 e. The van der Waals surface area contributed by atoms with Crippen LogP contribution in [0, 0.1) is 5.92 Å². The van der Waals surface area contributed by atoms with E-state index in [-0.39, 0.29) is 6.10 Å². The van der Waals surface area contributed by atoms with Gasteiger partial charge in [-0.25, -0.2) is 0 Å². The van der Waals surface area contributed by atoms with Crippen LogP contribution in [0.3, 0.4) is 0 Å². The van der Waals surface area contributed by atoms with Crippen LogP contribution in [0.15, 0.2) is 24.3 Å². The van der Waals surface area contributed by atoms with Crippen molar-refractivity contribution in [2.75, 3.05) is 24.5 Å². The van der Waals surface area contributed by atoms with Gasteiger partial charge in [0.15, 0.2) is 0 Å². The summed E-state index contributed by atoms with van der Waals surface area (Å²) < 4.78 is 0. The van der Waals surface area contributed by atoms with Crippen LogP contribution in [0.25, 0.3) is 0 Å². The van der Waals surface area contributed by atoms with Gasteiger partial charge in [0.2, 0.25) is 0 Å². The molecule has 1 aromatic rings. The van der Waals surface area contributed by atoms with Gasteiger partial charge < -0.3 is 15.3 Å². The first kappa shape index (κ1) is 14.4. The summed E-state index contributed by atoms with van der Waals surface area (Å²) >= 11 is 0. The van der Waals surface area contributed by atoms with Crippen LogP contribution in [0.2, 0.25) is 0 Å². The van der Waals surface area contributed by atoms with E-state index in [0.717, 1.165) is 39.0 Å². The van der Waals surface area contributed by atoms with Crippen molar-refractivity contribution in [3.05, 3.63) is 29.8 Å². The topological polar surface area (TPSA) is 35.5 Å². The van der Waals surface area contributed by atoms with Crippen LogP contribution >= 0.6 is 0 Å². The van der Waals surface area contributed by atoms with Gasteiger partial charge in [-0.3, -0.25) is 0 Å². The first-order chi connectivity index (χ1) is 9.22. The Bertz CT molecular complexity index is 394. The normalized spacial score (nSPS) is 23.6. The summed E-state index contributed by atoms with van der Waals surface area (Å²) in [7, 11) is 0. The number of nitrogens with one attached hydrogen (secondary N) is 1. The zero-order valence-corrected chi connectivity index (χ0v) is 12.1. The molecule has 0 bridgehead atoms. The van der Waals surface area contributed by atoms with E-state index in [0.29, 0.717) is 5.92 Å². The van der Waals surface area contributed by atoms with Crippen molar-refractivity contribution in [2.24, 2.45) is 5.92 Å². The molecule has 1 aliphatic rings. The Balaban J connectivity index is 2.06. The fraction of sp³-hybridized carbons (Fsp3) is 0.625. The molecule has 0 amide bonds. The Kier molecular flexibility index (Phi) is 5.23.